The zero-order valence-corrected chi connectivity index (χ0v) is 20.4. The maximum atomic E-state index is 13.8. The summed E-state index contributed by atoms with van der Waals surface area (Å²) in [6.45, 7) is 4.02. The van der Waals surface area contributed by atoms with Gasteiger partial charge in [-0.3, -0.25) is 9.59 Å². The van der Waals surface area contributed by atoms with Crippen molar-refractivity contribution >= 4 is 16.9 Å². The third-order valence-electron chi connectivity index (χ3n) is 7.20. The van der Waals surface area contributed by atoms with Gasteiger partial charge in [0.05, 0.1) is 11.0 Å². The number of nitrogens with zero attached hydrogens (tertiary/aromatic N) is 3. The molecule has 1 amide bonds. The lowest BCUT2D eigenvalue weighted by Crippen LogP contribution is -2.44. The van der Waals surface area contributed by atoms with Crippen molar-refractivity contribution in [2.45, 2.75) is 57.4 Å². The van der Waals surface area contributed by atoms with Crippen molar-refractivity contribution in [3.63, 3.8) is 0 Å². The topological polar surface area (TPSA) is 108 Å². The monoisotopic (exact) mass is 516 g/mol. The van der Waals surface area contributed by atoms with Gasteiger partial charge in [-0.05, 0) is 69.9 Å². The second-order valence-electron chi connectivity index (χ2n) is 9.92. The van der Waals surface area contributed by atoms with E-state index in [4.69, 9.17) is 4.74 Å². The van der Waals surface area contributed by atoms with Gasteiger partial charge in [-0.2, -0.15) is 13.2 Å². The highest BCUT2D eigenvalue weighted by Crippen LogP contribution is 2.45. The zero-order valence-electron chi connectivity index (χ0n) is 20.4. The van der Waals surface area contributed by atoms with E-state index in [1.165, 1.54) is 26.0 Å². The zero-order chi connectivity index (χ0) is 26.5. The first kappa shape index (κ1) is 25.2. The summed E-state index contributed by atoms with van der Waals surface area (Å²) in [7, 11) is 0. The predicted molar refractivity (Wildman–Crippen MR) is 128 cm³/mol. The van der Waals surface area contributed by atoms with Gasteiger partial charge >= 0.3 is 6.18 Å². The third-order valence-corrected chi connectivity index (χ3v) is 7.20. The molecule has 0 spiro atoms. The van der Waals surface area contributed by atoms with E-state index in [-0.39, 0.29) is 40.0 Å². The molecule has 3 aromatic rings. The molecule has 2 aromatic heterocycles. The number of carbonyl (C=O) groups is 1. The molecular formula is C26H27F3N4O4. The molecule has 2 aliphatic rings. The smallest absolute Gasteiger partial charge is 0.433 e. The maximum absolute atomic E-state index is 13.8. The molecule has 1 aliphatic carbocycles. The van der Waals surface area contributed by atoms with Crippen molar-refractivity contribution in [1.82, 2.24) is 19.9 Å². The molecule has 5 rings (SSSR count). The Bertz CT molecular complexity index is 1400. The van der Waals surface area contributed by atoms with E-state index in [1.807, 2.05) is 0 Å². The number of pyridine rings is 1. The predicted octanol–water partition coefficient (Wildman–Crippen LogP) is 4.16. The Morgan fingerprint density at radius 1 is 1.24 bits per heavy atom. The Morgan fingerprint density at radius 2 is 1.95 bits per heavy atom. The molecule has 37 heavy (non-hydrogen) atoms. The molecule has 0 bridgehead atoms. The minimum absolute atomic E-state index is 0.0688. The van der Waals surface area contributed by atoms with Crippen LogP contribution in [-0.4, -0.2) is 49.6 Å². The number of alkyl halides is 3. The van der Waals surface area contributed by atoms with E-state index in [9.17, 15) is 27.9 Å². The van der Waals surface area contributed by atoms with Crippen molar-refractivity contribution in [1.29, 1.82) is 0 Å². The number of H-pyrrole nitrogens is 1. The number of aliphatic hydroxyl groups is 1. The number of fused-ring (bicyclic) bond motifs is 1. The van der Waals surface area contributed by atoms with E-state index >= 15 is 0 Å². The number of aryl methyl sites for hydroxylation is 1. The second kappa shape index (κ2) is 9.13. The Labute approximate surface area is 210 Å². The average Bonchev–Trinajstić information content (AvgIpc) is 3.61. The number of amides is 1. The fourth-order valence-corrected chi connectivity index (χ4v) is 4.99. The fourth-order valence-electron chi connectivity index (χ4n) is 4.99. The van der Waals surface area contributed by atoms with Gasteiger partial charge in [-0.1, -0.05) is 0 Å². The van der Waals surface area contributed by atoms with Gasteiger partial charge < -0.3 is 19.7 Å². The molecule has 1 saturated heterocycles. The van der Waals surface area contributed by atoms with E-state index in [0.29, 0.717) is 18.7 Å². The van der Waals surface area contributed by atoms with Gasteiger partial charge in [-0.15, -0.1) is 0 Å². The van der Waals surface area contributed by atoms with Crippen LogP contribution in [0.4, 0.5) is 13.2 Å². The van der Waals surface area contributed by atoms with Crippen LogP contribution in [0.25, 0.3) is 11.0 Å². The van der Waals surface area contributed by atoms with Crippen LogP contribution in [0.1, 0.15) is 66.2 Å². The number of hydrogen-bond donors (Lipinski definition) is 2. The number of halogens is 3. The van der Waals surface area contributed by atoms with Gasteiger partial charge in [0.1, 0.15) is 17.7 Å². The van der Waals surface area contributed by atoms with Crippen molar-refractivity contribution in [3.05, 3.63) is 63.3 Å². The number of carbonyl (C=O) groups excluding carboxylic acids is 1. The van der Waals surface area contributed by atoms with Crippen molar-refractivity contribution in [3.8, 4) is 5.75 Å². The number of benzene rings is 1. The summed E-state index contributed by atoms with van der Waals surface area (Å²) in [4.78, 5) is 37.1. The number of hydrogen-bond acceptors (Lipinski definition) is 6. The number of rotatable bonds is 5. The quantitative estimate of drug-likeness (QED) is 0.527. The molecule has 2 N–H and O–H groups in total. The van der Waals surface area contributed by atoms with Crippen LogP contribution in [0.2, 0.25) is 0 Å². The van der Waals surface area contributed by atoms with E-state index in [0.717, 1.165) is 31.7 Å². The number of piperidine rings is 1. The molecule has 8 nitrogen and oxygen atoms in total. The fraction of sp³-hybridized carbons (Fsp3) is 0.462. The Balaban J connectivity index is 1.35. The molecule has 196 valence electrons. The summed E-state index contributed by atoms with van der Waals surface area (Å²) in [5.74, 6) is 0.345. The summed E-state index contributed by atoms with van der Waals surface area (Å²) >= 11 is 0. The largest absolute Gasteiger partial charge is 0.486 e. The molecule has 3 heterocycles. The molecule has 0 radical (unpaired) electrons. The summed E-state index contributed by atoms with van der Waals surface area (Å²) in [6.07, 6.45) is -2.60. The van der Waals surface area contributed by atoms with Gasteiger partial charge in [0.25, 0.3) is 11.5 Å². The minimum atomic E-state index is -4.78. The average molecular weight is 517 g/mol. The van der Waals surface area contributed by atoms with Gasteiger partial charge in [0, 0.05) is 30.1 Å². The van der Waals surface area contributed by atoms with Crippen LogP contribution in [-0.2, 0) is 6.18 Å². The number of aromatic nitrogens is 3. The van der Waals surface area contributed by atoms with Crippen molar-refractivity contribution in [2.75, 3.05) is 13.1 Å². The first-order valence-corrected chi connectivity index (χ1v) is 12.2. The third kappa shape index (κ3) is 5.04. The molecule has 11 heteroatoms. The number of likely N-dealkylation sites (tertiary alicyclic amines) is 1. The van der Waals surface area contributed by atoms with E-state index < -0.39 is 29.1 Å². The highest BCUT2D eigenvalue weighted by atomic mass is 19.4. The van der Waals surface area contributed by atoms with Crippen LogP contribution in [0.15, 0.2) is 35.1 Å². The van der Waals surface area contributed by atoms with E-state index in [2.05, 4.69) is 15.0 Å². The first-order chi connectivity index (χ1) is 17.4. The number of aromatic amines is 1. The molecule has 2 fully saturated rings. The van der Waals surface area contributed by atoms with Gasteiger partial charge in [0.15, 0.2) is 11.3 Å². The molecule has 1 aromatic carbocycles. The standard InChI is InChI=1S/C26H27F3N4O4/c1-14(19-12-20-22(30-15(2)31-23(20)34)32-21(19)26(27,28)29)37-18-7-5-16(6-8-18)24(35)33-11-3-4-17(13-33)25(36)9-10-25/h5-8,12,14,17,36H,3-4,9-11,13H2,1-2H3,(H,30,31,32,34). The SMILES string of the molecule is Cc1nc2nc(C(F)(F)F)c(C(C)Oc3ccc(C(=O)N4CCCC(C5(O)CC5)C4)cc3)cc2c(=O)[nH]1. The lowest BCUT2D eigenvalue weighted by molar-refractivity contribution is -0.142. The van der Waals surface area contributed by atoms with E-state index in [1.54, 1.807) is 17.0 Å². The molecule has 1 aliphatic heterocycles. The highest BCUT2D eigenvalue weighted by molar-refractivity contribution is 5.94. The summed E-state index contributed by atoms with van der Waals surface area (Å²) in [5.41, 5.74) is -2.56. The Kier molecular flexibility index (Phi) is 6.21. The summed E-state index contributed by atoms with van der Waals surface area (Å²) in [6, 6.07) is 7.30. The van der Waals surface area contributed by atoms with Gasteiger partial charge in [0.2, 0.25) is 0 Å². The normalized spacial score (nSPS) is 20.1. The number of ether oxygens (including phenoxy) is 1. The van der Waals surface area contributed by atoms with Crippen molar-refractivity contribution < 1.29 is 27.8 Å². The Hall–Kier alpha value is -3.47. The summed E-state index contributed by atoms with van der Waals surface area (Å²) < 4.78 is 47.2. The maximum Gasteiger partial charge on any atom is 0.433 e. The summed E-state index contributed by atoms with van der Waals surface area (Å²) in [5, 5.41) is 10.4. The first-order valence-electron chi connectivity index (χ1n) is 12.2. The minimum Gasteiger partial charge on any atom is -0.486 e. The van der Waals surface area contributed by atoms with Gasteiger partial charge in [-0.25, -0.2) is 9.97 Å². The highest BCUT2D eigenvalue weighted by Gasteiger charge is 2.49. The van der Waals surface area contributed by atoms with Crippen LogP contribution in [0, 0.1) is 12.8 Å². The van der Waals surface area contributed by atoms with Crippen LogP contribution in [0.5, 0.6) is 5.75 Å². The molecule has 2 atom stereocenters. The lowest BCUT2D eigenvalue weighted by atomic mass is 9.90. The molecule has 1 saturated carbocycles. The molecular weight excluding hydrogens is 489 g/mol. The number of nitrogens with one attached hydrogen (secondary N) is 1. The van der Waals surface area contributed by atoms with Crippen molar-refractivity contribution in [2.24, 2.45) is 5.92 Å². The Morgan fingerprint density at radius 3 is 2.59 bits per heavy atom. The van der Waals surface area contributed by atoms with Crippen LogP contribution in [0.3, 0.4) is 0 Å². The van der Waals surface area contributed by atoms with Crippen LogP contribution >= 0.6 is 0 Å². The lowest BCUT2D eigenvalue weighted by Gasteiger charge is -2.35. The van der Waals surface area contributed by atoms with Crippen LogP contribution < -0.4 is 10.3 Å². The second-order valence-corrected chi connectivity index (χ2v) is 9.92. The molecule has 2 unspecified atom stereocenters.